The van der Waals surface area contributed by atoms with Crippen molar-refractivity contribution in [3.63, 3.8) is 0 Å². The zero-order chi connectivity index (χ0) is 38.6. The zero-order valence-corrected chi connectivity index (χ0v) is 31.9. The van der Waals surface area contributed by atoms with E-state index in [2.05, 4.69) is 69.6 Å². The van der Waals surface area contributed by atoms with Crippen LogP contribution in [0.25, 0.3) is 22.2 Å². The van der Waals surface area contributed by atoms with Gasteiger partial charge in [0.2, 0.25) is 0 Å². The minimum atomic E-state index is -0.591. The van der Waals surface area contributed by atoms with Crippen LogP contribution in [0.5, 0.6) is 11.5 Å². The number of fused-ring (bicyclic) bond motifs is 2. The van der Waals surface area contributed by atoms with Crippen LogP contribution in [0.15, 0.2) is 115 Å². The molecule has 0 radical (unpaired) electrons. The second kappa shape index (κ2) is 16.6. The van der Waals surface area contributed by atoms with E-state index in [1.54, 1.807) is 14.2 Å². The summed E-state index contributed by atoms with van der Waals surface area (Å²) < 4.78 is 24.8. The van der Waals surface area contributed by atoms with E-state index in [0.29, 0.717) is 12.1 Å². The van der Waals surface area contributed by atoms with Crippen LogP contribution < -0.4 is 14.8 Å². The molecule has 0 saturated carbocycles. The van der Waals surface area contributed by atoms with Gasteiger partial charge >= 0.3 is 0 Å². The van der Waals surface area contributed by atoms with Crippen molar-refractivity contribution >= 4 is 16.9 Å². The number of carbonyl (C=O) groups excluding carboxylic acids is 1. The Morgan fingerprint density at radius 1 is 0.857 bits per heavy atom. The number of aliphatic hydroxyl groups excluding tert-OH is 1. The molecule has 10 heteroatoms. The number of hydrogen-bond acceptors (Lipinski definition) is 9. The molecule has 0 spiro atoms. The number of ether oxygens (including phenoxy) is 4. The number of methoxy groups -OCH3 is 2. The first-order chi connectivity index (χ1) is 27.4. The molecule has 0 unspecified atom stereocenters. The van der Waals surface area contributed by atoms with E-state index < -0.39 is 6.29 Å². The van der Waals surface area contributed by atoms with E-state index in [-0.39, 0.29) is 36.3 Å². The molecule has 1 amide bonds. The summed E-state index contributed by atoms with van der Waals surface area (Å²) in [4.78, 5) is 24.4. The van der Waals surface area contributed by atoms with Crippen molar-refractivity contribution in [3.8, 4) is 22.6 Å². The van der Waals surface area contributed by atoms with Crippen molar-refractivity contribution in [1.82, 2.24) is 20.2 Å². The molecule has 1 aromatic heterocycles. The smallest absolute Gasteiger partial charge is 0.271 e. The highest BCUT2D eigenvalue weighted by Crippen LogP contribution is 2.43. The van der Waals surface area contributed by atoms with Gasteiger partial charge < -0.3 is 29.4 Å². The Balaban J connectivity index is 1.00. The number of aromatic nitrogens is 2. The van der Waals surface area contributed by atoms with Crippen molar-refractivity contribution in [2.75, 3.05) is 27.3 Å². The van der Waals surface area contributed by atoms with Gasteiger partial charge in [0.05, 0.1) is 50.3 Å². The number of para-hydroxylation sites is 2. The molecule has 10 nitrogen and oxygen atoms in total. The molecule has 8 rings (SSSR count). The van der Waals surface area contributed by atoms with E-state index in [1.807, 2.05) is 66.7 Å². The third-order valence-corrected chi connectivity index (χ3v) is 11.0. The van der Waals surface area contributed by atoms with Crippen LogP contribution in [0, 0.1) is 5.92 Å². The van der Waals surface area contributed by atoms with Gasteiger partial charge in [0, 0.05) is 37.7 Å². The number of nitrogens with zero attached hydrogens (tertiary/aromatic N) is 3. The van der Waals surface area contributed by atoms with Crippen LogP contribution in [-0.4, -0.2) is 59.3 Å². The van der Waals surface area contributed by atoms with Gasteiger partial charge in [-0.2, -0.15) is 0 Å². The Labute approximate surface area is 327 Å². The Hall–Kier alpha value is -5.65. The minimum absolute atomic E-state index is 0.0101. The van der Waals surface area contributed by atoms with Crippen molar-refractivity contribution in [3.05, 3.63) is 154 Å². The summed E-state index contributed by atoms with van der Waals surface area (Å²) in [5.74, 6) is 1.27. The lowest BCUT2D eigenvalue weighted by atomic mass is 9.89. The maximum Gasteiger partial charge on any atom is 0.271 e. The van der Waals surface area contributed by atoms with Gasteiger partial charge in [-0.25, -0.2) is 4.98 Å². The molecule has 5 aromatic carbocycles. The number of benzene rings is 5. The van der Waals surface area contributed by atoms with E-state index in [4.69, 9.17) is 18.9 Å². The van der Waals surface area contributed by atoms with Crippen molar-refractivity contribution in [2.24, 2.45) is 5.92 Å². The molecule has 1 fully saturated rings. The lowest BCUT2D eigenvalue weighted by Gasteiger charge is -2.43. The molecule has 0 aliphatic carbocycles. The molecule has 1 saturated heterocycles. The second-order valence-electron chi connectivity index (χ2n) is 14.5. The predicted molar refractivity (Wildman–Crippen MR) is 214 cm³/mol. The van der Waals surface area contributed by atoms with Crippen LogP contribution >= 0.6 is 0 Å². The zero-order valence-electron chi connectivity index (χ0n) is 31.9. The number of hydrogen-bond donors (Lipinski definition) is 2. The highest BCUT2D eigenvalue weighted by atomic mass is 16.7. The van der Waals surface area contributed by atoms with Crippen LogP contribution in [0.1, 0.15) is 63.2 Å². The molecule has 2 aliphatic rings. The normalized spacial score (nSPS) is 19.6. The number of amides is 1. The van der Waals surface area contributed by atoms with Gasteiger partial charge in [-0.15, -0.1) is 0 Å². The molecule has 6 aromatic rings. The molecular formula is C46H46N4O6. The van der Waals surface area contributed by atoms with Crippen LogP contribution in [0.2, 0.25) is 0 Å². The molecule has 2 aliphatic heterocycles. The third kappa shape index (κ3) is 7.87. The standard InChI is InChI=1S/C46H46N4O6/c1-29-43(27-50-21-20-34-22-41(53-2)42(54-3)23-36(34)26-50)55-46(56-44(29)32-14-12-30(28-51)13-15-32)33-18-16-31(17-19-33)37-9-5-4-8-35(37)24-48-45(52)40-25-47-38-10-6-7-11-39(38)49-40/h4-19,22-23,25,29,43-44,46,51H,20-21,24,26-28H2,1-3H3,(H,48,52)/t29-,43+,44+,46+/m0/s1. The average molecular weight is 751 g/mol. The average Bonchev–Trinajstić information content (AvgIpc) is 3.25. The Morgan fingerprint density at radius 3 is 2.30 bits per heavy atom. The first-order valence-electron chi connectivity index (χ1n) is 19.1. The van der Waals surface area contributed by atoms with Crippen LogP contribution in [-0.2, 0) is 35.6 Å². The van der Waals surface area contributed by atoms with E-state index in [1.165, 1.54) is 17.3 Å². The van der Waals surface area contributed by atoms with Crippen molar-refractivity contribution < 1.29 is 28.8 Å². The second-order valence-corrected chi connectivity index (χ2v) is 14.5. The number of carbonyl (C=O) groups is 1. The highest BCUT2D eigenvalue weighted by Gasteiger charge is 2.39. The van der Waals surface area contributed by atoms with E-state index >= 15 is 0 Å². The predicted octanol–water partition coefficient (Wildman–Crippen LogP) is 7.59. The third-order valence-electron chi connectivity index (χ3n) is 11.0. The summed E-state index contributed by atoms with van der Waals surface area (Å²) in [6.07, 6.45) is 1.50. The topological polar surface area (TPSA) is 115 Å². The summed E-state index contributed by atoms with van der Waals surface area (Å²) in [6.45, 7) is 4.95. The first-order valence-corrected chi connectivity index (χ1v) is 19.1. The minimum Gasteiger partial charge on any atom is -0.493 e. The van der Waals surface area contributed by atoms with Crippen molar-refractivity contribution in [1.29, 1.82) is 0 Å². The fourth-order valence-electron chi connectivity index (χ4n) is 7.79. The van der Waals surface area contributed by atoms with E-state index in [9.17, 15) is 9.90 Å². The molecule has 4 atom stereocenters. The Kier molecular flexibility index (Phi) is 11.1. The van der Waals surface area contributed by atoms with Gasteiger partial charge in [-0.3, -0.25) is 14.7 Å². The largest absolute Gasteiger partial charge is 0.493 e. The summed E-state index contributed by atoms with van der Waals surface area (Å²) in [7, 11) is 3.34. The van der Waals surface area contributed by atoms with Gasteiger partial charge in [0.1, 0.15) is 5.69 Å². The van der Waals surface area contributed by atoms with Crippen LogP contribution in [0.3, 0.4) is 0 Å². The van der Waals surface area contributed by atoms with Crippen molar-refractivity contribution in [2.45, 2.75) is 51.5 Å². The molecular weight excluding hydrogens is 705 g/mol. The van der Waals surface area contributed by atoms with Crippen LogP contribution in [0.4, 0.5) is 0 Å². The summed E-state index contributed by atoms with van der Waals surface area (Å²) in [5, 5.41) is 12.7. The molecule has 286 valence electrons. The van der Waals surface area contributed by atoms with Gasteiger partial charge in [-0.05, 0) is 69.6 Å². The van der Waals surface area contributed by atoms with Gasteiger partial charge in [-0.1, -0.05) is 91.9 Å². The Morgan fingerprint density at radius 2 is 1.55 bits per heavy atom. The lowest BCUT2D eigenvalue weighted by molar-refractivity contribution is -0.276. The SMILES string of the molecule is COc1cc2c(cc1OC)CN(C[C@H]1O[C@@H](c3ccc(-c4ccccc4CNC(=O)c4cnc5ccccc5n4)cc3)O[C@@H](c3ccc(CO)cc3)[C@H]1C)CC2. The number of rotatable bonds is 11. The lowest BCUT2D eigenvalue weighted by Crippen LogP contribution is -2.45. The van der Waals surface area contributed by atoms with Gasteiger partial charge in [0.15, 0.2) is 17.8 Å². The first kappa shape index (κ1) is 37.3. The monoisotopic (exact) mass is 750 g/mol. The number of nitrogens with one attached hydrogen (secondary N) is 1. The summed E-state index contributed by atoms with van der Waals surface area (Å²) in [5.41, 5.74) is 10.1. The fraction of sp³-hybridized carbons (Fsp3) is 0.283. The highest BCUT2D eigenvalue weighted by molar-refractivity contribution is 5.93. The molecule has 56 heavy (non-hydrogen) atoms. The Bertz CT molecular complexity index is 2320. The quantitative estimate of drug-likeness (QED) is 0.138. The van der Waals surface area contributed by atoms with E-state index in [0.717, 1.165) is 76.5 Å². The number of aliphatic hydroxyl groups is 1. The maximum atomic E-state index is 13.1. The van der Waals surface area contributed by atoms with Gasteiger partial charge in [0.25, 0.3) is 5.91 Å². The maximum absolute atomic E-state index is 13.1. The summed E-state index contributed by atoms with van der Waals surface area (Å²) >= 11 is 0. The molecule has 2 N–H and O–H groups in total. The molecule has 0 bridgehead atoms. The summed E-state index contributed by atoms with van der Waals surface area (Å²) in [6, 6.07) is 36.1. The fourth-order valence-corrected chi connectivity index (χ4v) is 7.79. The molecule has 3 heterocycles.